The van der Waals surface area contributed by atoms with E-state index in [-0.39, 0.29) is 5.75 Å². The lowest BCUT2D eigenvalue weighted by Crippen LogP contribution is -2.24. The van der Waals surface area contributed by atoms with E-state index in [0.717, 1.165) is 16.7 Å². The molecule has 1 aromatic rings. The largest absolute Gasteiger partial charge is 0.507 e. The third-order valence-corrected chi connectivity index (χ3v) is 1.90. The van der Waals surface area contributed by atoms with E-state index in [0.29, 0.717) is 0 Å². The van der Waals surface area contributed by atoms with Crippen LogP contribution < -0.4 is 11.2 Å². The van der Waals surface area contributed by atoms with Crippen molar-refractivity contribution in [2.24, 2.45) is 10.8 Å². The molecule has 2 amide bonds. The Kier molecular flexibility index (Phi) is 3.28. The quantitative estimate of drug-likeness (QED) is 0.499. The zero-order valence-corrected chi connectivity index (χ0v) is 8.61. The van der Waals surface area contributed by atoms with Crippen LogP contribution in [0.2, 0.25) is 0 Å². The molecule has 0 aromatic heterocycles. The number of benzene rings is 1. The fraction of sp³-hybridized carbons (Fsp3) is 0.200. The molecule has 80 valence electrons. The molecule has 0 bridgehead atoms. The van der Waals surface area contributed by atoms with Gasteiger partial charge in [0.2, 0.25) is 0 Å². The predicted octanol–water partition coefficient (Wildman–Crippen LogP) is 1.01. The molecule has 0 atom stereocenters. The topological polar surface area (TPSA) is 87.7 Å². The van der Waals surface area contributed by atoms with Crippen LogP contribution in [0.25, 0.3) is 0 Å². The summed E-state index contributed by atoms with van der Waals surface area (Å²) in [5.41, 5.74) is 9.24. The summed E-state index contributed by atoms with van der Waals surface area (Å²) in [5, 5.41) is 13.1. The molecule has 0 saturated heterocycles. The summed E-state index contributed by atoms with van der Waals surface area (Å²) in [6.45, 7) is 3.59. The van der Waals surface area contributed by atoms with Crippen molar-refractivity contribution in [2.45, 2.75) is 13.8 Å². The van der Waals surface area contributed by atoms with Crippen LogP contribution in [-0.4, -0.2) is 17.4 Å². The third-order valence-electron chi connectivity index (χ3n) is 1.90. The zero-order chi connectivity index (χ0) is 11.4. The van der Waals surface area contributed by atoms with Gasteiger partial charge in [0.25, 0.3) is 0 Å². The number of phenols is 1. The van der Waals surface area contributed by atoms with Crippen molar-refractivity contribution in [1.82, 2.24) is 5.43 Å². The van der Waals surface area contributed by atoms with Crippen LogP contribution >= 0.6 is 0 Å². The molecule has 1 rings (SSSR count). The lowest BCUT2D eigenvalue weighted by Gasteiger charge is -2.04. The second-order valence-electron chi connectivity index (χ2n) is 3.24. The SMILES string of the molecule is Cc1cc(/C=N\NC(N)=O)cc(C)c1O. The Morgan fingerprint density at radius 1 is 1.47 bits per heavy atom. The third kappa shape index (κ3) is 2.98. The molecule has 15 heavy (non-hydrogen) atoms. The molecule has 0 aliphatic heterocycles. The molecular formula is C10H13N3O2. The van der Waals surface area contributed by atoms with E-state index in [1.165, 1.54) is 6.21 Å². The lowest BCUT2D eigenvalue weighted by atomic mass is 10.1. The van der Waals surface area contributed by atoms with Gasteiger partial charge >= 0.3 is 6.03 Å². The number of nitrogens with two attached hydrogens (primary N) is 1. The van der Waals surface area contributed by atoms with Gasteiger partial charge in [0, 0.05) is 0 Å². The van der Waals surface area contributed by atoms with Crippen LogP contribution in [0.1, 0.15) is 16.7 Å². The summed E-state index contributed by atoms with van der Waals surface area (Å²) in [5.74, 6) is 0.273. The number of urea groups is 1. The van der Waals surface area contributed by atoms with Gasteiger partial charge in [-0.15, -0.1) is 0 Å². The number of hydrazone groups is 1. The van der Waals surface area contributed by atoms with Crippen LogP contribution in [0.3, 0.4) is 0 Å². The van der Waals surface area contributed by atoms with E-state index in [9.17, 15) is 9.90 Å². The first-order valence-electron chi connectivity index (χ1n) is 4.39. The van der Waals surface area contributed by atoms with Gasteiger partial charge in [-0.1, -0.05) is 0 Å². The Balaban J connectivity index is 2.87. The van der Waals surface area contributed by atoms with Crippen molar-refractivity contribution in [3.05, 3.63) is 28.8 Å². The average molecular weight is 207 g/mol. The first-order valence-corrected chi connectivity index (χ1v) is 4.39. The highest BCUT2D eigenvalue weighted by atomic mass is 16.3. The van der Waals surface area contributed by atoms with E-state index < -0.39 is 6.03 Å². The molecule has 0 aliphatic carbocycles. The van der Waals surface area contributed by atoms with Crippen LogP contribution in [0.15, 0.2) is 17.2 Å². The summed E-state index contributed by atoms with van der Waals surface area (Å²) in [4.78, 5) is 10.3. The molecule has 0 unspecified atom stereocenters. The Morgan fingerprint density at radius 3 is 2.47 bits per heavy atom. The fourth-order valence-corrected chi connectivity index (χ4v) is 1.23. The monoisotopic (exact) mass is 207 g/mol. The van der Waals surface area contributed by atoms with Crippen molar-refractivity contribution in [3.8, 4) is 5.75 Å². The van der Waals surface area contributed by atoms with Gasteiger partial charge in [-0.3, -0.25) is 0 Å². The summed E-state index contributed by atoms with van der Waals surface area (Å²) in [7, 11) is 0. The Bertz CT molecular complexity index is 390. The fourth-order valence-electron chi connectivity index (χ4n) is 1.23. The number of rotatable bonds is 2. The lowest BCUT2D eigenvalue weighted by molar-refractivity contribution is 0.249. The van der Waals surface area contributed by atoms with Gasteiger partial charge in [0.1, 0.15) is 5.75 Å². The van der Waals surface area contributed by atoms with E-state index >= 15 is 0 Å². The minimum absolute atomic E-state index is 0.273. The van der Waals surface area contributed by atoms with Gasteiger partial charge in [-0.25, -0.2) is 10.2 Å². The normalized spacial score (nSPS) is 10.5. The molecule has 0 aliphatic rings. The number of nitrogens with one attached hydrogen (secondary N) is 1. The van der Waals surface area contributed by atoms with Gasteiger partial charge in [0.15, 0.2) is 0 Å². The summed E-state index contributed by atoms with van der Waals surface area (Å²) < 4.78 is 0. The number of primary amides is 1. The number of hydrogen-bond acceptors (Lipinski definition) is 3. The maximum absolute atomic E-state index is 10.3. The standard InChI is InChI=1S/C10H13N3O2/c1-6-3-8(4-7(2)9(6)14)5-12-13-10(11)15/h3-5,14H,1-2H3,(H3,11,13,15)/b12-5-. The average Bonchev–Trinajstić information content (AvgIpc) is 2.13. The molecule has 0 saturated carbocycles. The van der Waals surface area contributed by atoms with E-state index in [1.807, 2.05) is 0 Å². The Hall–Kier alpha value is -2.04. The van der Waals surface area contributed by atoms with E-state index in [2.05, 4.69) is 10.5 Å². The number of phenolic OH excluding ortho intramolecular Hbond substituents is 1. The summed E-state index contributed by atoms with van der Waals surface area (Å²) in [6, 6.07) is 2.81. The van der Waals surface area contributed by atoms with Gasteiger partial charge in [-0.05, 0) is 42.7 Å². The zero-order valence-electron chi connectivity index (χ0n) is 8.61. The van der Waals surface area contributed by atoms with Crippen molar-refractivity contribution >= 4 is 12.2 Å². The van der Waals surface area contributed by atoms with Crippen LogP contribution in [0, 0.1) is 13.8 Å². The number of aromatic hydroxyl groups is 1. The number of carbonyl (C=O) groups is 1. The number of hydrogen-bond donors (Lipinski definition) is 3. The van der Waals surface area contributed by atoms with E-state index in [4.69, 9.17) is 5.73 Å². The number of amides is 2. The van der Waals surface area contributed by atoms with Gasteiger partial charge < -0.3 is 10.8 Å². The molecular weight excluding hydrogens is 194 g/mol. The maximum Gasteiger partial charge on any atom is 0.332 e. The number of nitrogens with zero attached hydrogens (tertiary/aromatic N) is 1. The first kappa shape index (κ1) is 11.0. The van der Waals surface area contributed by atoms with Crippen molar-refractivity contribution in [3.63, 3.8) is 0 Å². The minimum atomic E-state index is -0.710. The Labute approximate surface area is 87.6 Å². The Morgan fingerprint density at radius 2 is 2.00 bits per heavy atom. The highest BCUT2D eigenvalue weighted by Gasteiger charge is 2.01. The highest BCUT2D eigenvalue weighted by molar-refractivity contribution is 5.82. The van der Waals surface area contributed by atoms with Crippen molar-refractivity contribution < 1.29 is 9.90 Å². The first-order chi connectivity index (χ1) is 7.00. The summed E-state index contributed by atoms with van der Waals surface area (Å²) >= 11 is 0. The molecule has 5 heteroatoms. The molecule has 5 nitrogen and oxygen atoms in total. The smallest absolute Gasteiger partial charge is 0.332 e. The second-order valence-corrected chi connectivity index (χ2v) is 3.24. The predicted molar refractivity (Wildman–Crippen MR) is 57.9 cm³/mol. The molecule has 0 spiro atoms. The van der Waals surface area contributed by atoms with Crippen molar-refractivity contribution in [1.29, 1.82) is 0 Å². The number of aryl methyl sites for hydroxylation is 2. The van der Waals surface area contributed by atoms with Crippen molar-refractivity contribution in [2.75, 3.05) is 0 Å². The van der Waals surface area contributed by atoms with Crippen LogP contribution in [0.4, 0.5) is 4.79 Å². The summed E-state index contributed by atoms with van der Waals surface area (Å²) in [6.07, 6.45) is 1.46. The molecule has 0 fully saturated rings. The maximum atomic E-state index is 10.3. The molecule has 0 heterocycles. The number of carbonyl (C=O) groups excluding carboxylic acids is 1. The second kappa shape index (κ2) is 4.45. The van der Waals surface area contributed by atoms with Crippen LogP contribution in [0.5, 0.6) is 5.75 Å². The highest BCUT2D eigenvalue weighted by Crippen LogP contribution is 2.21. The molecule has 0 radical (unpaired) electrons. The molecule has 4 N–H and O–H groups in total. The van der Waals surface area contributed by atoms with Gasteiger partial charge in [-0.2, -0.15) is 5.10 Å². The molecule has 1 aromatic carbocycles. The minimum Gasteiger partial charge on any atom is -0.507 e. The van der Waals surface area contributed by atoms with Gasteiger partial charge in [0.05, 0.1) is 6.21 Å². The van der Waals surface area contributed by atoms with Crippen LogP contribution in [-0.2, 0) is 0 Å². The van der Waals surface area contributed by atoms with E-state index in [1.54, 1.807) is 26.0 Å².